The van der Waals surface area contributed by atoms with Gasteiger partial charge in [0.1, 0.15) is 6.04 Å². The zero-order valence-corrected chi connectivity index (χ0v) is 19.0. The van der Waals surface area contributed by atoms with Gasteiger partial charge in [-0.2, -0.15) is 0 Å². The Morgan fingerprint density at radius 3 is 2.12 bits per heavy atom. The van der Waals surface area contributed by atoms with E-state index in [2.05, 4.69) is 5.32 Å². The highest BCUT2D eigenvalue weighted by Gasteiger charge is 2.33. The summed E-state index contributed by atoms with van der Waals surface area (Å²) in [6.45, 7) is 4.00. The lowest BCUT2D eigenvalue weighted by atomic mass is 9.92. The third-order valence-electron chi connectivity index (χ3n) is 4.68. The van der Waals surface area contributed by atoms with E-state index in [-0.39, 0.29) is 24.3 Å². The molecule has 3 N–H and O–H groups in total. The van der Waals surface area contributed by atoms with E-state index >= 15 is 0 Å². The van der Waals surface area contributed by atoms with Crippen LogP contribution in [-0.4, -0.2) is 42.5 Å². The molecule has 9 heteroatoms. The molecular weight excluding hydrogens is 428 g/mol. The Labute approximate surface area is 192 Å². The number of hydrogen-bond acceptors (Lipinski definition) is 8. The van der Waals surface area contributed by atoms with Crippen LogP contribution in [-0.2, 0) is 36.8 Å². The number of nitrogens with two attached hydrogens (primary N) is 1. The van der Waals surface area contributed by atoms with Gasteiger partial charge in [0.05, 0.1) is 12.6 Å². The molecule has 2 aromatic rings. The first kappa shape index (κ1) is 25.5. The first-order chi connectivity index (χ1) is 15.5. The fraction of sp³-hybridized carbons (Fsp3) is 0.333. The molecule has 0 spiro atoms. The number of carbonyl (C=O) groups is 4. The molecule has 0 bridgehead atoms. The van der Waals surface area contributed by atoms with E-state index < -0.39 is 35.4 Å². The Balaban J connectivity index is 2.23. The van der Waals surface area contributed by atoms with Crippen molar-refractivity contribution in [3.63, 3.8) is 0 Å². The molecule has 0 aromatic heterocycles. The fourth-order valence-electron chi connectivity index (χ4n) is 3.15. The lowest BCUT2D eigenvalue weighted by molar-refractivity contribution is -0.145. The lowest BCUT2D eigenvalue weighted by Crippen LogP contribution is -2.57. The molecule has 0 aliphatic rings. The monoisotopic (exact) mass is 456 g/mol. The zero-order valence-electron chi connectivity index (χ0n) is 19.0. The van der Waals surface area contributed by atoms with E-state index in [9.17, 15) is 19.2 Å². The van der Waals surface area contributed by atoms with Gasteiger partial charge >= 0.3 is 17.9 Å². The van der Waals surface area contributed by atoms with E-state index in [0.717, 1.165) is 5.56 Å². The maximum Gasteiger partial charge on any atom is 0.328 e. The van der Waals surface area contributed by atoms with Crippen LogP contribution in [0.15, 0.2) is 48.5 Å². The third kappa shape index (κ3) is 7.73. The SMILES string of the molecule is COC(=O)C(Cc1ccc(OC(C)=O)c(OC(C)=O)c1)NC(=O)[C@@](C)(N)Cc1ccccc1. The maximum atomic E-state index is 12.9. The molecule has 176 valence electrons. The zero-order chi connectivity index (χ0) is 24.6. The van der Waals surface area contributed by atoms with Gasteiger partial charge in [-0.3, -0.25) is 14.4 Å². The average Bonchev–Trinajstić information content (AvgIpc) is 2.74. The summed E-state index contributed by atoms with van der Waals surface area (Å²) in [7, 11) is 1.21. The molecule has 9 nitrogen and oxygen atoms in total. The molecule has 0 saturated carbocycles. The Hall–Kier alpha value is -3.72. The van der Waals surface area contributed by atoms with Gasteiger partial charge in [0, 0.05) is 20.3 Å². The second-order valence-electron chi connectivity index (χ2n) is 7.80. The minimum atomic E-state index is -1.28. The van der Waals surface area contributed by atoms with Gasteiger partial charge in [0.15, 0.2) is 11.5 Å². The normalized spacial score (nSPS) is 13.2. The van der Waals surface area contributed by atoms with Crippen LogP contribution >= 0.6 is 0 Å². The number of rotatable bonds is 9. The minimum Gasteiger partial charge on any atom is -0.467 e. The van der Waals surface area contributed by atoms with Gasteiger partial charge in [-0.1, -0.05) is 36.4 Å². The molecule has 2 rings (SSSR count). The number of amides is 1. The van der Waals surface area contributed by atoms with Crippen LogP contribution in [0.1, 0.15) is 31.9 Å². The standard InChI is InChI=1S/C24H28N2O7/c1-15(27)32-20-11-10-18(13-21(20)33-16(2)28)12-19(22(29)31-4)26-23(30)24(3,25)14-17-8-6-5-7-9-17/h5-11,13,19H,12,14,25H2,1-4H3,(H,26,30)/t19?,24-/m0/s1. The highest BCUT2D eigenvalue weighted by atomic mass is 16.6. The summed E-state index contributed by atoms with van der Waals surface area (Å²) >= 11 is 0. The molecule has 1 unspecified atom stereocenters. The van der Waals surface area contributed by atoms with Crippen LogP contribution in [0.4, 0.5) is 0 Å². The quantitative estimate of drug-likeness (QED) is 0.430. The van der Waals surface area contributed by atoms with Crippen molar-refractivity contribution in [2.24, 2.45) is 5.73 Å². The molecule has 2 aromatic carbocycles. The summed E-state index contributed by atoms with van der Waals surface area (Å²) in [5, 5.41) is 2.65. The maximum absolute atomic E-state index is 12.9. The smallest absolute Gasteiger partial charge is 0.328 e. The summed E-state index contributed by atoms with van der Waals surface area (Å²) in [6.07, 6.45) is 0.287. The number of esters is 3. The van der Waals surface area contributed by atoms with Gasteiger partial charge in [-0.25, -0.2) is 4.79 Å². The molecule has 0 aliphatic heterocycles. The molecule has 0 saturated heterocycles. The predicted molar refractivity (Wildman–Crippen MR) is 119 cm³/mol. The van der Waals surface area contributed by atoms with Gasteiger partial charge < -0.3 is 25.3 Å². The molecule has 0 heterocycles. The Morgan fingerprint density at radius 2 is 1.55 bits per heavy atom. The summed E-state index contributed by atoms with van der Waals surface area (Å²) < 4.78 is 15.0. The van der Waals surface area contributed by atoms with Crippen molar-refractivity contribution in [3.05, 3.63) is 59.7 Å². The van der Waals surface area contributed by atoms with Crippen LogP contribution in [0.3, 0.4) is 0 Å². The van der Waals surface area contributed by atoms with Gasteiger partial charge in [0.2, 0.25) is 5.91 Å². The molecule has 2 atom stereocenters. The van der Waals surface area contributed by atoms with Crippen LogP contribution < -0.4 is 20.5 Å². The second kappa shape index (κ2) is 11.2. The van der Waals surface area contributed by atoms with Crippen LogP contribution in [0, 0.1) is 0 Å². The van der Waals surface area contributed by atoms with Gasteiger partial charge in [-0.15, -0.1) is 0 Å². The van der Waals surface area contributed by atoms with E-state index in [1.807, 2.05) is 30.3 Å². The topological polar surface area (TPSA) is 134 Å². The average molecular weight is 456 g/mol. The molecule has 33 heavy (non-hydrogen) atoms. The third-order valence-corrected chi connectivity index (χ3v) is 4.68. The first-order valence-electron chi connectivity index (χ1n) is 10.2. The van der Waals surface area contributed by atoms with Crippen LogP contribution in [0.25, 0.3) is 0 Å². The highest BCUT2D eigenvalue weighted by molar-refractivity contribution is 5.90. The van der Waals surface area contributed by atoms with Crippen LogP contribution in [0.2, 0.25) is 0 Å². The van der Waals surface area contributed by atoms with Gasteiger partial charge in [0.25, 0.3) is 0 Å². The molecule has 0 aliphatic carbocycles. The van der Waals surface area contributed by atoms with Crippen molar-refractivity contribution >= 4 is 23.8 Å². The van der Waals surface area contributed by atoms with Crippen molar-refractivity contribution in [1.29, 1.82) is 0 Å². The number of ether oxygens (including phenoxy) is 3. The number of nitrogens with one attached hydrogen (secondary N) is 1. The van der Waals surface area contributed by atoms with Gasteiger partial charge in [-0.05, 0) is 36.6 Å². The summed E-state index contributed by atoms with van der Waals surface area (Å²) in [5.74, 6) is -2.33. The first-order valence-corrected chi connectivity index (χ1v) is 10.2. The van der Waals surface area contributed by atoms with E-state index in [1.54, 1.807) is 13.0 Å². The Kier molecular flexibility index (Phi) is 8.70. The van der Waals surface area contributed by atoms with Crippen LogP contribution in [0.5, 0.6) is 11.5 Å². The van der Waals surface area contributed by atoms with E-state index in [0.29, 0.717) is 5.56 Å². The van der Waals surface area contributed by atoms with E-state index in [4.69, 9.17) is 19.9 Å². The summed E-state index contributed by atoms with van der Waals surface area (Å²) in [4.78, 5) is 48.0. The largest absolute Gasteiger partial charge is 0.467 e. The second-order valence-corrected chi connectivity index (χ2v) is 7.80. The highest BCUT2D eigenvalue weighted by Crippen LogP contribution is 2.29. The van der Waals surface area contributed by atoms with Crippen molar-refractivity contribution < 1.29 is 33.4 Å². The van der Waals surface area contributed by atoms with Crippen molar-refractivity contribution in [1.82, 2.24) is 5.32 Å². The van der Waals surface area contributed by atoms with E-state index in [1.165, 1.54) is 33.1 Å². The number of benzene rings is 2. The molecule has 0 radical (unpaired) electrons. The van der Waals surface area contributed by atoms with Crippen molar-refractivity contribution in [2.75, 3.05) is 7.11 Å². The lowest BCUT2D eigenvalue weighted by Gasteiger charge is -2.26. The molecule has 0 fully saturated rings. The fourth-order valence-corrected chi connectivity index (χ4v) is 3.15. The molecule has 1 amide bonds. The summed E-state index contributed by atoms with van der Waals surface area (Å²) in [5.41, 5.74) is 6.37. The van der Waals surface area contributed by atoms with Crippen molar-refractivity contribution in [3.8, 4) is 11.5 Å². The predicted octanol–water partition coefficient (Wildman–Crippen LogP) is 1.70. The Morgan fingerprint density at radius 1 is 0.939 bits per heavy atom. The number of hydrogen-bond donors (Lipinski definition) is 2. The minimum absolute atomic E-state index is 0.0119. The summed E-state index contributed by atoms with van der Waals surface area (Å²) in [6, 6.07) is 12.7. The molecular formula is C24H28N2O7. The number of methoxy groups -OCH3 is 1. The Bertz CT molecular complexity index is 1020. The van der Waals surface area contributed by atoms with Crippen molar-refractivity contribution in [2.45, 2.75) is 45.2 Å². The number of carbonyl (C=O) groups excluding carboxylic acids is 4.